The minimum atomic E-state index is 0.851. The Kier molecular flexibility index (Phi) is 2.57. The summed E-state index contributed by atoms with van der Waals surface area (Å²) in [6.07, 6.45) is 13.5. The minimum absolute atomic E-state index is 0.851. The van der Waals surface area contributed by atoms with Crippen LogP contribution in [0.3, 0.4) is 0 Å². The standard InChI is InChI=1S/C13H20/c1-10(2)12-9-5-7-11-6-3-4-8-13(11)12/h3-5,7,10-13H,6,8-9H2,1-2H3. The smallest absolute Gasteiger partial charge is 0.0165 e. The van der Waals surface area contributed by atoms with Crippen LogP contribution in [-0.4, -0.2) is 0 Å². The molecule has 3 atom stereocenters. The molecule has 0 heteroatoms. The van der Waals surface area contributed by atoms with E-state index in [0.29, 0.717) is 0 Å². The van der Waals surface area contributed by atoms with Crippen LogP contribution in [0.1, 0.15) is 33.1 Å². The van der Waals surface area contributed by atoms with Gasteiger partial charge in [-0.2, -0.15) is 0 Å². The second-order valence-corrected chi connectivity index (χ2v) is 4.84. The Labute approximate surface area is 81.7 Å². The van der Waals surface area contributed by atoms with E-state index >= 15 is 0 Å². The van der Waals surface area contributed by atoms with Gasteiger partial charge in [-0.05, 0) is 42.9 Å². The Morgan fingerprint density at radius 2 is 1.77 bits per heavy atom. The summed E-state index contributed by atoms with van der Waals surface area (Å²) in [5.41, 5.74) is 0. The van der Waals surface area contributed by atoms with Crippen LogP contribution >= 0.6 is 0 Å². The molecule has 2 aliphatic carbocycles. The largest absolute Gasteiger partial charge is 0.0882 e. The van der Waals surface area contributed by atoms with Crippen molar-refractivity contribution in [1.29, 1.82) is 0 Å². The van der Waals surface area contributed by atoms with Gasteiger partial charge < -0.3 is 0 Å². The Morgan fingerprint density at radius 1 is 1.00 bits per heavy atom. The Balaban J connectivity index is 2.15. The first-order valence-electron chi connectivity index (χ1n) is 5.60. The molecule has 0 aromatic rings. The lowest BCUT2D eigenvalue weighted by Crippen LogP contribution is -2.29. The molecule has 0 aromatic heterocycles. The molecule has 0 fully saturated rings. The van der Waals surface area contributed by atoms with Gasteiger partial charge in [0.1, 0.15) is 0 Å². The molecule has 0 heterocycles. The highest BCUT2D eigenvalue weighted by molar-refractivity contribution is 5.08. The number of allylic oxidation sites excluding steroid dienone is 4. The molecule has 3 unspecified atom stereocenters. The fraction of sp³-hybridized carbons (Fsp3) is 0.692. The van der Waals surface area contributed by atoms with Crippen LogP contribution in [0.4, 0.5) is 0 Å². The molecule has 2 aliphatic rings. The van der Waals surface area contributed by atoms with E-state index in [1.54, 1.807) is 0 Å². The summed E-state index contributed by atoms with van der Waals surface area (Å²) in [7, 11) is 0. The normalized spacial score (nSPS) is 37.9. The lowest BCUT2D eigenvalue weighted by Gasteiger charge is -2.38. The zero-order chi connectivity index (χ0) is 9.26. The Morgan fingerprint density at radius 3 is 2.54 bits per heavy atom. The van der Waals surface area contributed by atoms with Gasteiger partial charge in [-0.25, -0.2) is 0 Å². The summed E-state index contributed by atoms with van der Waals surface area (Å²) in [6.45, 7) is 4.75. The molecule has 13 heavy (non-hydrogen) atoms. The van der Waals surface area contributed by atoms with Crippen molar-refractivity contribution in [3.05, 3.63) is 24.3 Å². The molecule has 0 saturated heterocycles. The first kappa shape index (κ1) is 9.05. The van der Waals surface area contributed by atoms with Gasteiger partial charge in [-0.1, -0.05) is 38.2 Å². The number of rotatable bonds is 1. The molecular weight excluding hydrogens is 156 g/mol. The van der Waals surface area contributed by atoms with E-state index in [0.717, 1.165) is 23.7 Å². The maximum atomic E-state index is 2.45. The topological polar surface area (TPSA) is 0 Å². The summed E-state index contributed by atoms with van der Waals surface area (Å²) in [5, 5.41) is 0. The predicted octanol–water partition coefficient (Wildman–Crippen LogP) is 3.80. The van der Waals surface area contributed by atoms with Gasteiger partial charge in [0.25, 0.3) is 0 Å². The SMILES string of the molecule is CC(C)C1CC=CC2CC=CCC21. The maximum absolute atomic E-state index is 2.45. The average molecular weight is 176 g/mol. The van der Waals surface area contributed by atoms with Gasteiger partial charge in [-0.3, -0.25) is 0 Å². The minimum Gasteiger partial charge on any atom is -0.0882 e. The highest BCUT2D eigenvalue weighted by Crippen LogP contribution is 2.41. The van der Waals surface area contributed by atoms with Gasteiger partial charge in [-0.15, -0.1) is 0 Å². The molecule has 0 N–H and O–H groups in total. The van der Waals surface area contributed by atoms with E-state index in [4.69, 9.17) is 0 Å². The summed E-state index contributed by atoms with van der Waals surface area (Å²) in [5.74, 6) is 3.57. The molecule has 0 spiro atoms. The number of fused-ring (bicyclic) bond motifs is 1. The fourth-order valence-electron chi connectivity index (χ4n) is 2.92. The second-order valence-electron chi connectivity index (χ2n) is 4.84. The monoisotopic (exact) mass is 176 g/mol. The van der Waals surface area contributed by atoms with Crippen molar-refractivity contribution in [3.8, 4) is 0 Å². The van der Waals surface area contributed by atoms with Gasteiger partial charge in [0.05, 0.1) is 0 Å². The van der Waals surface area contributed by atoms with Crippen LogP contribution in [0.5, 0.6) is 0 Å². The van der Waals surface area contributed by atoms with Crippen LogP contribution in [0.25, 0.3) is 0 Å². The highest BCUT2D eigenvalue weighted by Gasteiger charge is 2.31. The van der Waals surface area contributed by atoms with Crippen molar-refractivity contribution in [2.75, 3.05) is 0 Å². The van der Waals surface area contributed by atoms with Gasteiger partial charge in [0.15, 0.2) is 0 Å². The molecule has 0 saturated carbocycles. The van der Waals surface area contributed by atoms with E-state index in [1.165, 1.54) is 19.3 Å². The van der Waals surface area contributed by atoms with Crippen molar-refractivity contribution < 1.29 is 0 Å². The fourth-order valence-corrected chi connectivity index (χ4v) is 2.92. The molecule has 0 radical (unpaired) electrons. The van der Waals surface area contributed by atoms with Crippen LogP contribution < -0.4 is 0 Å². The van der Waals surface area contributed by atoms with Crippen molar-refractivity contribution >= 4 is 0 Å². The Hall–Kier alpha value is -0.520. The lowest BCUT2D eigenvalue weighted by atomic mass is 9.67. The number of hydrogen-bond acceptors (Lipinski definition) is 0. The van der Waals surface area contributed by atoms with Crippen LogP contribution in [0.2, 0.25) is 0 Å². The first-order valence-corrected chi connectivity index (χ1v) is 5.60. The third kappa shape index (κ3) is 1.72. The van der Waals surface area contributed by atoms with E-state index in [-0.39, 0.29) is 0 Å². The van der Waals surface area contributed by atoms with Crippen molar-refractivity contribution in [2.24, 2.45) is 23.7 Å². The van der Waals surface area contributed by atoms with E-state index in [9.17, 15) is 0 Å². The quantitative estimate of drug-likeness (QED) is 0.533. The molecule has 0 amide bonds. The summed E-state index contributed by atoms with van der Waals surface area (Å²) < 4.78 is 0. The molecule has 72 valence electrons. The maximum Gasteiger partial charge on any atom is -0.0165 e. The van der Waals surface area contributed by atoms with Crippen LogP contribution in [0, 0.1) is 23.7 Å². The predicted molar refractivity (Wildman–Crippen MR) is 57.4 cm³/mol. The molecular formula is C13H20. The van der Waals surface area contributed by atoms with E-state index < -0.39 is 0 Å². The summed E-state index contributed by atoms with van der Waals surface area (Å²) in [6, 6.07) is 0. The molecule has 0 nitrogen and oxygen atoms in total. The zero-order valence-electron chi connectivity index (χ0n) is 8.74. The highest BCUT2D eigenvalue weighted by atomic mass is 14.4. The zero-order valence-corrected chi connectivity index (χ0v) is 8.74. The van der Waals surface area contributed by atoms with Gasteiger partial charge in [0, 0.05) is 0 Å². The molecule has 2 rings (SSSR count). The van der Waals surface area contributed by atoms with E-state index in [1.807, 2.05) is 0 Å². The molecule has 0 aromatic carbocycles. The molecule has 0 aliphatic heterocycles. The summed E-state index contributed by atoms with van der Waals surface area (Å²) in [4.78, 5) is 0. The van der Waals surface area contributed by atoms with Crippen LogP contribution in [0.15, 0.2) is 24.3 Å². The van der Waals surface area contributed by atoms with E-state index in [2.05, 4.69) is 38.2 Å². The molecule has 0 bridgehead atoms. The summed E-state index contributed by atoms with van der Waals surface area (Å²) >= 11 is 0. The van der Waals surface area contributed by atoms with Crippen molar-refractivity contribution in [3.63, 3.8) is 0 Å². The average Bonchev–Trinajstić information content (AvgIpc) is 2.17. The number of hydrogen-bond donors (Lipinski definition) is 0. The van der Waals surface area contributed by atoms with Crippen LogP contribution in [-0.2, 0) is 0 Å². The first-order chi connectivity index (χ1) is 6.29. The van der Waals surface area contributed by atoms with Gasteiger partial charge >= 0.3 is 0 Å². The van der Waals surface area contributed by atoms with Crippen molar-refractivity contribution in [1.82, 2.24) is 0 Å². The second kappa shape index (κ2) is 3.69. The van der Waals surface area contributed by atoms with Crippen molar-refractivity contribution in [2.45, 2.75) is 33.1 Å². The Bertz CT molecular complexity index is 222. The van der Waals surface area contributed by atoms with Gasteiger partial charge in [0.2, 0.25) is 0 Å². The third-order valence-electron chi connectivity index (χ3n) is 3.73. The third-order valence-corrected chi connectivity index (χ3v) is 3.73. The lowest BCUT2D eigenvalue weighted by molar-refractivity contribution is 0.188.